The highest BCUT2D eigenvalue weighted by Crippen LogP contribution is 2.44. The van der Waals surface area contributed by atoms with Gasteiger partial charge in [0.1, 0.15) is 18.3 Å². The maximum atomic E-state index is 12.4. The molecule has 3 aromatic rings. The molecule has 10 nitrogen and oxygen atoms in total. The minimum atomic E-state index is -1.42. The standard InChI is InChI=1S/C33H34O10/c1-21(34)38-20-28-29(39-22(2)35)30(40-23(3)36)31(41-24(4)37)32(42-28)43-33(25-14-8-5-9-15-25,26-16-10-6-11-17-26)27-18-12-7-13-19-27/h5-19,28-32H,20H2,1-4H3/t28-,29-,30+,31-,32+/m1/s1. The highest BCUT2D eigenvalue weighted by Gasteiger charge is 2.55. The summed E-state index contributed by atoms with van der Waals surface area (Å²) in [7, 11) is 0. The van der Waals surface area contributed by atoms with Crippen LogP contribution in [0.2, 0.25) is 0 Å². The van der Waals surface area contributed by atoms with Crippen LogP contribution in [0.4, 0.5) is 0 Å². The van der Waals surface area contributed by atoms with Gasteiger partial charge in [-0.15, -0.1) is 0 Å². The van der Waals surface area contributed by atoms with Crippen molar-refractivity contribution in [1.29, 1.82) is 0 Å². The number of hydrogen-bond acceptors (Lipinski definition) is 10. The molecule has 43 heavy (non-hydrogen) atoms. The Kier molecular flexibility index (Phi) is 10.3. The molecule has 3 aromatic carbocycles. The van der Waals surface area contributed by atoms with Gasteiger partial charge in [-0.05, 0) is 16.7 Å². The van der Waals surface area contributed by atoms with E-state index in [1.165, 1.54) is 27.7 Å². The molecule has 0 saturated carbocycles. The molecule has 226 valence electrons. The molecule has 0 aromatic heterocycles. The number of carbonyl (C=O) groups is 4. The highest BCUT2D eigenvalue weighted by atomic mass is 16.7. The molecule has 0 amide bonds. The third-order valence-electron chi connectivity index (χ3n) is 6.78. The van der Waals surface area contributed by atoms with Crippen LogP contribution < -0.4 is 0 Å². The minimum absolute atomic E-state index is 0.368. The number of ether oxygens (including phenoxy) is 6. The van der Waals surface area contributed by atoms with Crippen molar-refractivity contribution in [2.24, 2.45) is 0 Å². The third-order valence-corrected chi connectivity index (χ3v) is 6.78. The number of esters is 4. The summed E-state index contributed by atoms with van der Waals surface area (Å²) in [6, 6.07) is 28.2. The summed E-state index contributed by atoms with van der Waals surface area (Å²) >= 11 is 0. The molecule has 0 N–H and O–H groups in total. The predicted molar refractivity (Wildman–Crippen MR) is 152 cm³/mol. The van der Waals surface area contributed by atoms with Gasteiger partial charge < -0.3 is 28.4 Å². The maximum absolute atomic E-state index is 12.4. The second-order valence-electron chi connectivity index (χ2n) is 9.96. The second-order valence-corrected chi connectivity index (χ2v) is 9.96. The van der Waals surface area contributed by atoms with Crippen molar-refractivity contribution in [3.8, 4) is 0 Å². The molecule has 5 atom stereocenters. The van der Waals surface area contributed by atoms with Crippen LogP contribution >= 0.6 is 0 Å². The van der Waals surface area contributed by atoms with Gasteiger partial charge in [-0.1, -0.05) is 91.0 Å². The Labute approximate surface area is 249 Å². The van der Waals surface area contributed by atoms with E-state index in [2.05, 4.69) is 0 Å². The van der Waals surface area contributed by atoms with Gasteiger partial charge in [0.15, 0.2) is 18.3 Å². The number of benzene rings is 3. The molecule has 0 aliphatic carbocycles. The van der Waals surface area contributed by atoms with Crippen LogP contribution in [0.3, 0.4) is 0 Å². The van der Waals surface area contributed by atoms with Crippen LogP contribution in [0.5, 0.6) is 0 Å². The first-order chi connectivity index (χ1) is 20.6. The van der Waals surface area contributed by atoms with Crippen LogP contribution in [0, 0.1) is 0 Å². The Balaban J connectivity index is 1.93. The summed E-state index contributed by atoms with van der Waals surface area (Å²) < 4.78 is 35.4. The van der Waals surface area contributed by atoms with E-state index in [1.807, 2.05) is 91.0 Å². The van der Waals surface area contributed by atoms with Gasteiger partial charge in [-0.25, -0.2) is 0 Å². The van der Waals surface area contributed by atoms with E-state index in [9.17, 15) is 19.2 Å². The Morgan fingerprint density at radius 2 is 0.977 bits per heavy atom. The summed E-state index contributed by atoms with van der Waals surface area (Å²) in [5.74, 6) is -2.77. The molecular formula is C33H34O10. The smallest absolute Gasteiger partial charge is 0.303 e. The van der Waals surface area contributed by atoms with Crippen molar-refractivity contribution in [2.75, 3.05) is 6.61 Å². The van der Waals surface area contributed by atoms with Crippen molar-refractivity contribution in [3.05, 3.63) is 108 Å². The molecule has 1 heterocycles. The van der Waals surface area contributed by atoms with Crippen LogP contribution in [-0.2, 0) is 53.2 Å². The zero-order valence-electron chi connectivity index (χ0n) is 24.3. The average molecular weight is 591 g/mol. The lowest BCUT2D eigenvalue weighted by atomic mass is 9.80. The van der Waals surface area contributed by atoms with Gasteiger partial charge in [0.05, 0.1) is 0 Å². The highest BCUT2D eigenvalue weighted by molar-refractivity contribution is 5.68. The fraction of sp³-hybridized carbons (Fsp3) is 0.333. The van der Waals surface area contributed by atoms with Gasteiger partial charge in [-0.2, -0.15) is 0 Å². The van der Waals surface area contributed by atoms with E-state index in [0.29, 0.717) is 0 Å². The van der Waals surface area contributed by atoms with E-state index in [4.69, 9.17) is 28.4 Å². The van der Waals surface area contributed by atoms with Crippen LogP contribution in [0.1, 0.15) is 44.4 Å². The molecule has 0 unspecified atom stereocenters. The van der Waals surface area contributed by atoms with Crippen molar-refractivity contribution in [1.82, 2.24) is 0 Å². The molecule has 1 aliphatic rings. The molecule has 0 bridgehead atoms. The van der Waals surface area contributed by atoms with E-state index < -0.39 is 60.2 Å². The van der Waals surface area contributed by atoms with Gasteiger partial charge >= 0.3 is 23.9 Å². The SMILES string of the molecule is CC(=O)OC[C@H]1O[C@@H](OC(c2ccccc2)(c2ccccc2)c2ccccc2)[C@H](OC(C)=O)[C@@H](OC(C)=O)[C@@H]1OC(C)=O. The third kappa shape index (κ3) is 7.46. The summed E-state index contributed by atoms with van der Waals surface area (Å²) in [6.45, 7) is 4.37. The van der Waals surface area contributed by atoms with E-state index in [-0.39, 0.29) is 6.61 Å². The summed E-state index contributed by atoms with van der Waals surface area (Å²) in [5, 5.41) is 0. The summed E-state index contributed by atoms with van der Waals surface area (Å²) in [4.78, 5) is 48.7. The van der Waals surface area contributed by atoms with Crippen molar-refractivity contribution >= 4 is 23.9 Å². The van der Waals surface area contributed by atoms with Gasteiger partial charge in [0, 0.05) is 27.7 Å². The normalized spacial score (nSPS) is 21.7. The molecule has 10 heteroatoms. The first kappa shape index (κ1) is 31.4. The van der Waals surface area contributed by atoms with Crippen molar-refractivity contribution < 1.29 is 47.6 Å². The van der Waals surface area contributed by atoms with E-state index >= 15 is 0 Å². The quantitative estimate of drug-likeness (QED) is 0.194. The fourth-order valence-electron chi connectivity index (χ4n) is 5.18. The second kappa shape index (κ2) is 14.1. The Morgan fingerprint density at radius 1 is 0.581 bits per heavy atom. The first-order valence-corrected chi connectivity index (χ1v) is 13.8. The number of carbonyl (C=O) groups excluding carboxylic acids is 4. The first-order valence-electron chi connectivity index (χ1n) is 13.8. The minimum Gasteiger partial charge on any atom is -0.463 e. The van der Waals surface area contributed by atoms with Crippen LogP contribution in [0.15, 0.2) is 91.0 Å². The lowest BCUT2D eigenvalue weighted by molar-refractivity contribution is -0.324. The average Bonchev–Trinajstić information content (AvgIpc) is 2.98. The monoisotopic (exact) mass is 590 g/mol. The Bertz CT molecular complexity index is 1300. The molecule has 1 aliphatic heterocycles. The number of rotatable bonds is 10. The topological polar surface area (TPSA) is 124 Å². The van der Waals surface area contributed by atoms with Crippen LogP contribution in [-0.4, -0.2) is 61.2 Å². The zero-order valence-corrected chi connectivity index (χ0v) is 24.3. The lowest BCUT2D eigenvalue weighted by Gasteiger charge is -2.47. The number of hydrogen-bond donors (Lipinski definition) is 0. The Morgan fingerprint density at radius 3 is 1.37 bits per heavy atom. The largest absolute Gasteiger partial charge is 0.463 e. The lowest BCUT2D eigenvalue weighted by Crippen LogP contribution is -2.64. The van der Waals surface area contributed by atoms with Gasteiger partial charge in [-0.3, -0.25) is 19.2 Å². The Hall–Kier alpha value is -4.54. The molecule has 4 rings (SSSR count). The van der Waals surface area contributed by atoms with Gasteiger partial charge in [0.25, 0.3) is 0 Å². The zero-order chi connectivity index (χ0) is 31.0. The predicted octanol–water partition coefficient (Wildman–Crippen LogP) is 4.08. The molecule has 0 spiro atoms. The molecule has 1 fully saturated rings. The molecule has 0 radical (unpaired) electrons. The molecular weight excluding hydrogens is 556 g/mol. The van der Waals surface area contributed by atoms with E-state index in [0.717, 1.165) is 16.7 Å². The van der Waals surface area contributed by atoms with E-state index in [1.54, 1.807) is 0 Å². The summed E-state index contributed by atoms with van der Waals surface area (Å²) in [6.07, 6.45) is -6.64. The fourth-order valence-corrected chi connectivity index (χ4v) is 5.18. The maximum Gasteiger partial charge on any atom is 0.303 e. The van der Waals surface area contributed by atoms with Crippen molar-refractivity contribution in [3.63, 3.8) is 0 Å². The van der Waals surface area contributed by atoms with Gasteiger partial charge in [0.2, 0.25) is 6.29 Å². The van der Waals surface area contributed by atoms with Crippen LogP contribution in [0.25, 0.3) is 0 Å². The molecule has 1 saturated heterocycles. The van der Waals surface area contributed by atoms with Crippen molar-refractivity contribution in [2.45, 2.75) is 64.0 Å². The summed E-state index contributed by atoms with van der Waals surface area (Å²) in [5.41, 5.74) is 0.828.